The van der Waals surface area contributed by atoms with E-state index in [1.807, 2.05) is 0 Å². The Kier molecular flexibility index (Phi) is 4.78. The summed E-state index contributed by atoms with van der Waals surface area (Å²) in [5.41, 5.74) is 1.48. The number of hydrogen-bond donors (Lipinski definition) is 2. The molecule has 1 unspecified atom stereocenters. The Labute approximate surface area is 149 Å². The van der Waals surface area contributed by atoms with Crippen molar-refractivity contribution in [1.29, 1.82) is 0 Å². The number of aromatic amines is 1. The fourth-order valence-electron chi connectivity index (χ4n) is 2.73. The highest BCUT2D eigenvalue weighted by Gasteiger charge is 2.29. The Hall–Kier alpha value is -2.05. The summed E-state index contributed by atoms with van der Waals surface area (Å²) < 4.78 is 0. The van der Waals surface area contributed by atoms with E-state index in [2.05, 4.69) is 15.5 Å². The largest absolute Gasteiger partial charge is 0.342 e. The van der Waals surface area contributed by atoms with Crippen molar-refractivity contribution in [3.8, 4) is 11.3 Å². The lowest BCUT2D eigenvalue weighted by Gasteiger charge is -2.13. The number of halogens is 2. The number of nitrogens with zero attached hydrogens (tertiary/aromatic N) is 2. The number of aromatic nitrogens is 2. The van der Waals surface area contributed by atoms with E-state index in [1.54, 1.807) is 29.2 Å². The van der Waals surface area contributed by atoms with Crippen molar-refractivity contribution in [1.82, 2.24) is 15.1 Å². The van der Waals surface area contributed by atoms with Crippen LogP contribution in [0, 0.1) is 5.92 Å². The summed E-state index contributed by atoms with van der Waals surface area (Å²) in [6.07, 6.45) is 0.659. The molecule has 6 nitrogen and oxygen atoms in total. The Bertz CT molecular complexity index is 770. The van der Waals surface area contributed by atoms with Crippen LogP contribution in [0.4, 0.5) is 5.82 Å². The Morgan fingerprint density at radius 2 is 1.96 bits per heavy atom. The van der Waals surface area contributed by atoms with Gasteiger partial charge in [0.05, 0.1) is 11.6 Å². The van der Waals surface area contributed by atoms with Crippen molar-refractivity contribution in [3.63, 3.8) is 0 Å². The van der Waals surface area contributed by atoms with E-state index in [0.29, 0.717) is 41.1 Å². The molecule has 1 atom stereocenters. The second kappa shape index (κ2) is 6.83. The van der Waals surface area contributed by atoms with Crippen molar-refractivity contribution >= 4 is 40.8 Å². The molecule has 1 aliphatic heterocycles. The second-order valence-electron chi connectivity index (χ2n) is 5.76. The maximum Gasteiger partial charge on any atom is 0.230 e. The Morgan fingerprint density at radius 3 is 2.58 bits per heavy atom. The molecule has 8 heteroatoms. The zero-order chi connectivity index (χ0) is 17.3. The summed E-state index contributed by atoms with van der Waals surface area (Å²) in [7, 11) is 0. The molecular weight excluding hydrogens is 351 g/mol. The van der Waals surface area contributed by atoms with Gasteiger partial charge in [-0.1, -0.05) is 23.2 Å². The molecule has 1 aromatic heterocycles. The first-order chi connectivity index (χ1) is 11.4. The standard InChI is InChI=1S/C16H16Cl2N4O2/c1-9(23)22-3-2-10(8-22)16(24)19-15-7-14(20-21-15)11-4-12(17)6-13(18)5-11/h4-7,10H,2-3,8H2,1H3,(H2,19,20,21,24). The molecule has 24 heavy (non-hydrogen) atoms. The van der Waals surface area contributed by atoms with Gasteiger partial charge in [0.25, 0.3) is 0 Å². The summed E-state index contributed by atoms with van der Waals surface area (Å²) in [5.74, 6) is 0.0631. The van der Waals surface area contributed by atoms with E-state index < -0.39 is 0 Å². The van der Waals surface area contributed by atoms with Crippen LogP contribution in [0.5, 0.6) is 0 Å². The zero-order valence-electron chi connectivity index (χ0n) is 13.0. The zero-order valence-corrected chi connectivity index (χ0v) is 14.5. The average Bonchev–Trinajstić information content (AvgIpc) is 3.15. The number of anilines is 1. The third-order valence-electron chi connectivity index (χ3n) is 4.01. The molecule has 1 saturated heterocycles. The lowest BCUT2D eigenvalue weighted by molar-refractivity contribution is -0.128. The number of amides is 2. The van der Waals surface area contributed by atoms with Crippen LogP contribution in [0.3, 0.4) is 0 Å². The van der Waals surface area contributed by atoms with Gasteiger partial charge in [-0.05, 0) is 24.6 Å². The molecule has 3 rings (SSSR count). The van der Waals surface area contributed by atoms with Crippen LogP contribution in [-0.2, 0) is 9.59 Å². The molecule has 2 heterocycles. The Balaban J connectivity index is 1.68. The molecule has 2 N–H and O–H groups in total. The van der Waals surface area contributed by atoms with Crippen LogP contribution in [0.15, 0.2) is 24.3 Å². The highest BCUT2D eigenvalue weighted by molar-refractivity contribution is 6.35. The summed E-state index contributed by atoms with van der Waals surface area (Å²) in [5, 5.41) is 10.8. The second-order valence-corrected chi connectivity index (χ2v) is 6.64. The van der Waals surface area contributed by atoms with Crippen LogP contribution >= 0.6 is 23.2 Å². The molecule has 1 fully saturated rings. The van der Waals surface area contributed by atoms with Gasteiger partial charge < -0.3 is 10.2 Å². The first-order valence-corrected chi connectivity index (χ1v) is 8.26. The Morgan fingerprint density at radius 1 is 1.25 bits per heavy atom. The van der Waals surface area contributed by atoms with Gasteiger partial charge in [-0.15, -0.1) is 0 Å². The van der Waals surface area contributed by atoms with Crippen molar-refractivity contribution in [2.24, 2.45) is 5.92 Å². The molecule has 0 aliphatic carbocycles. The van der Waals surface area contributed by atoms with Crippen LogP contribution < -0.4 is 5.32 Å². The van der Waals surface area contributed by atoms with E-state index in [9.17, 15) is 9.59 Å². The van der Waals surface area contributed by atoms with Gasteiger partial charge in [0.15, 0.2) is 5.82 Å². The first kappa shape index (κ1) is 16.8. The van der Waals surface area contributed by atoms with Crippen LogP contribution in [0.1, 0.15) is 13.3 Å². The molecule has 1 aliphatic rings. The number of nitrogens with one attached hydrogen (secondary N) is 2. The lowest BCUT2D eigenvalue weighted by Crippen LogP contribution is -2.29. The molecular formula is C16H16Cl2N4O2. The normalized spacial score (nSPS) is 17.1. The van der Waals surface area contributed by atoms with E-state index >= 15 is 0 Å². The number of H-pyrrole nitrogens is 1. The quantitative estimate of drug-likeness (QED) is 0.875. The number of hydrogen-bond acceptors (Lipinski definition) is 3. The van der Waals surface area contributed by atoms with Crippen LogP contribution in [-0.4, -0.2) is 40.0 Å². The van der Waals surface area contributed by atoms with E-state index in [4.69, 9.17) is 23.2 Å². The number of benzene rings is 1. The average molecular weight is 367 g/mol. The van der Waals surface area contributed by atoms with Crippen molar-refractivity contribution in [2.45, 2.75) is 13.3 Å². The maximum atomic E-state index is 12.3. The third kappa shape index (κ3) is 3.71. The number of rotatable bonds is 3. The number of likely N-dealkylation sites (tertiary alicyclic amines) is 1. The molecule has 126 valence electrons. The van der Waals surface area contributed by atoms with Crippen LogP contribution in [0.25, 0.3) is 11.3 Å². The number of carbonyl (C=O) groups excluding carboxylic acids is 2. The summed E-state index contributed by atoms with van der Waals surface area (Å²) in [6, 6.07) is 6.88. The van der Waals surface area contributed by atoms with Gasteiger partial charge >= 0.3 is 0 Å². The van der Waals surface area contributed by atoms with Crippen molar-refractivity contribution < 1.29 is 9.59 Å². The van der Waals surface area contributed by atoms with E-state index in [-0.39, 0.29) is 17.7 Å². The lowest BCUT2D eigenvalue weighted by atomic mass is 10.1. The monoisotopic (exact) mass is 366 g/mol. The van der Waals surface area contributed by atoms with Crippen molar-refractivity contribution in [3.05, 3.63) is 34.3 Å². The molecule has 0 spiro atoms. The molecule has 0 radical (unpaired) electrons. The SMILES string of the molecule is CC(=O)N1CCC(C(=O)Nc2cc(-c3cc(Cl)cc(Cl)c3)[nH]n2)C1. The van der Waals surface area contributed by atoms with Gasteiger partial charge in [0.2, 0.25) is 11.8 Å². The van der Waals surface area contributed by atoms with Gasteiger partial charge in [-0.3, -0.25) is 14.7 Å². The fraction of sp³-hybridized carbons (Fsp3) is 0.312. The van der Waals surface area contributed by atoms with Gasteiger partial charge in [-0.2, -0.15) is 5.10 Å². The minimum absolute atomic E-state index is 0.00908. The minimum atomic E-state index is -0.213. The maximum absolute atomic E-state index is 12.3. The highest BCUT2D eigenvalue weighted by atomic mass is 35.5. The third-order valence-corrected chi connectivity index (χ3v) is 4.44. The number of carbonyl (C=O) groups is 2. The van der Waals surface area contributed by atoms with Gasteiger partial charge in [-0.25, -0.2) is 0 Å². The van der Waals surface area contributed by atoms with Crippen molar-refractivity contribution in [2.75, 3.05) is 18.4 Å². The predicted octanol–water partition coefficient (Wildman–Crippen LogP) is 3.19. The molecule has 0 saturated carbocycles. The topological polar surface area (TPSA) is 78.1 Å². The van der Waals surface area contributed by atoms with E-state index in [0.717, 1.165) is 5.56 Å². The molecule has 2 amide bonds. The van der Waals surface area contributed by atoms with Crippen LogP contribution in [0.2, 0.25) is 10.0 Å². The summed E-state index contributed by atoms with van der Waals surface area (Å²) in [6.45, 7) is 2.57. The molecule has 1 aromatic carbocycles. The molecule has 0 bridgehead atoms. The fourth-order valence-corrected chi connectivity index (χ4v) is 3.26. The molecule has 2 aromatic rings. The summed E-state index contributed by atoms with van der Waals surface area (Å²) in [4.78, 5) is 25.3. The minimum Gasteiger partial charge on any atom is -0.342 e. The van der Waals surface area contributed by atoms with E-state index in [1.165, 1.54) is 6.92 Å². The van der Waals surface area contributed by atoms with Gasteiger partial charge in [0.1, 0.15) is 0 Å². The van der Waals surface area contributed by atoms with Gasteiger partial charge in [0, 0.05) is 41.7 Å². The summed E-state index contributed by atoms with van der Waals surface area (Å²) >= 11 is 12.0. The smallest absolute Gasteiger partial charge is 0.230 e. The predicted molar refractivity (Wildman–Crippen MR) is 93.0 cm³/mol. The highest BCUT2D eigenvalue weighted by Crippen LogP contribution is 2.27. The first-order valence-electron chi connectivity index (χ1n) is 7.50.